The van der Waals surface area contributed by atoms with Crippen molar-refractivity contribution in [1.82, 2.24) is 4.90 Å². The van der Waals surface area contributed by atoms with Crippen molar-refractivity contribution in [1.29, 1.82) is 0 Å². The lowest BCUT2D eigenvalue weighted by Crippen LogP contribution is -3.00. The van der Waals surface area contributed by atoms with Crippen molar-refractivity contribution in [2.45, 2.75) is 20.0 Å². The summed E-state index contributed by atoms with van der Waals surface area (Å²) in [6, 6.07) is 13.3. The fourth-order valence-electron chi connectivity index (χ4n) is 2.39. The monoisotopic (exact) mass is 232 g/mol. The Kier molecular flexibility index (Phi) is 3.17. The lowest BCUT2D eigenvalue weighted by Gasteiger charge is -2.09. The zero-order chi connectivity index (χ0) is 10.3. The van der Waals surface area contributed by atoms with E-state index in [1.807, 2.05) is 0 Å². The van der Waals surface area contributed by atoms with E-state index in [-0.39, 0.29) is 12.4 Å². The second-order valence-electron chi connectivity index (χ2n) is 4.27. The van der Waals surface area contributed by atoms with E-state index in [9.17, 15) is 0 Å². The Balaban J connectivity index is 0.000000963. The predicted octanol–water partition coefficient (Wildman–Crippen LogP) is 0.179. The Labute approximate surface area is 102 Å². The summed E-state index contributed by atoms with van der Waals surface area (Å²) in [6.45, 7) is 5.62. The van der Waals surface area contributed by atoms with Gasteiger partial charge in [0.1, 0.15) is 0 Å². The molecule has 0 bridgehead atoms. The van der Waals surface area contributed by atoms with E-state index in [1.165, 1.54) is 21.9 Å². The average molecular weight is 233 g/mol. The van der Waals surface area contributed by atoms with E-state index in [1.54, 1.807) is 0 Å². The van der Waals surface area contributed by atoms with Gasteiger partial charge in [0.2, 0.25) is 0 Å². The molecule has 1 aliphatic rings. The van der Waals surface area contributed by atoms with E-state index in [2.05, 4.69) is 48.2 Å². The minimum absolute atomic E-state index is 0. The first-order chi connectivity index (χ1) is 7.36. The largest absolute Gasteiger partial charge is 1.00 e. The first-order valence-corrected chi connectivity index (χ1v) is 5.59. The molecule has 1 aliphatic heterocycles. The van der Waals surface area contributed by atoms with Crippen LogP contribution >= 0.6 is 0 Å². The Morgan fingerprint density at radius 2 is 1.50 bits per heavy atom. The van der Waals surface area contributed by atoms with Gasteiger partial charge in [-0.1, -0.05) is 31.2 Å². The molecular formula is C14H15ClN-. The summed E-state index contributed by atoms with van der Waals surface area (Å²) in [5.74, 6) is 0. The Morgan fingerprint density at radius 3 is 1.94 bits per heavy atom. The zero-order valence-electron chi connectivity index (χ0n) is 9.41. The van der Waals surface area contributed by atoms with Crippen molar-refractivity contribution in [3.63, 3.8) is 0 Å². The summed E-state index contributed by atoms with van der Waals surface area (Å²) < 4.78 is 0. The summed E-state index contributed by atoms with van der Waals surface area (Å²) in [5.41, 5.74) is 3.02. The maximum Gasteiger partial charge on any atom is 0.0240 e. The number of benzene rings is 2. The number of rotatable bonds is 1. The lowest BCUT2D eigenvalue weighted by molar-refractivity contribution is -0.00000304. The first kappa shape index (κ1) is 11.4. The average Bonchev–Trinajstić information content (AvgIpc) is 2.67. The molecule has 3 rings (SSSR count). The third-order valence-corrected chi connectivity index (χ3v) is 3.30. The molecule has 0 amide bonds. The van der Waals surface area contributed by atoms with Crippen molar-refractivity contribution in [3.05, 3.63) is 47.5 Å². The molecule has 0 aromatic heterocycles. The Hall–Kier alpha value is -1.05. The molecule has 2 aromatic carbocycles. The van der Waals surface area contributed by atoms with Crippen LogP contribution in [0.2, 0.25) is 0 Å². The van der Waals surface area contributed by atoms with E-state index < -0.39 is 0 Å². The summed E-state index contributed by atoms with van der Waals surface area (Å²) in [5, 5.41) is 2.74. The van der Waals surface area contributed by atoms with Crippen LogP contribution < -0.4 is 12.4 Å². The van der Waals surface area contributed by atoms with Gasteiger partial charge in [0.25, 0.3) is 0 Å². The molecule has 0 saturated carbocycles. The van der Waals surface area contributed by atoms with Gasteiger partial charge in [0.15, 0.2) is 0 Å². The lowest BCUT2D eigenvalue weighted by atomic mass is 10.0. The van der Waals surface area contributed by atoms with E-state index >= 15 is 0 Å². The number of fused-ring (bicyclic) bond motifs is 2. The molecule has 0 spiro atoms. The van der Waals surface area contributed by atoms with Crippen molar-refractivity contribution < 1.29 is 12.4 Å². The Morgan fingerprint density at radius 1 is 1.00 bits per heavy atom. The standard InChI is InChI=1S/C14H15N.ClH/c1-2-15-9-13-7-11-5-3-4-6-12(11)8-14(13)10-15;/h3-8H,2,9-10H2,1H3;1H/p-1. The van der Waals surface area contributed by atoms with Crippen LogP contribution in [0.4, 0.5) is 0 Å². The number of nitrogens with zero attached hydrogens (tertiary/aromatic N) is 1. The summed E-state index contributed by atoms with van der Waals surface area (Å²) in [4.78, 5) is 2.48. The summed E-state index contributed by atoms with van der Waals surface area (Å²) in [6.07, 6.45) is 0. The second kappa shape index (κ2) is 4.44. The fraction of sp³-hybridized carbons (Fsp3) is 0.286. The summed E-state index contributed by atoms with van der Waals surface area (Å²) in [7, 11) is 0. The van der Waals surface area contributed by atoms with Gasteiger partial charge in [-0.15, -0.1) is 0 Å². The number of halogens is 1. The van der Waals surface area contributed by atoms with Crippen LogP contribution in [-0.4, -0.2) is 11.4 Å². The van der Waals surface area contributed by atoms with Gasteiger partial charge in [-0.2, -0.15) is 0 Å². The van der Waals surface area contributed by atoms with Crippen molar-refractivity contribution in [2.75, 3.05) is 6.54 Å². The molecule has 0 unspecified atom stereocenters. The third kappa shape index (κ3) is 1.81. The molecule has 0 radical (unpaired) electrons. The molecule has 1 heterocycles. The summed E-state index contributed by atoms with van der Waals surface area (Å²) >= 11 is 0. The van der Waals surface area contributed by atoms with Gasteiger partial charge >= 0.3 is 0 Å². The molecule has 0 saturated heterocycles. The molecule has 0 aliphatic carbocycles. The van der Waals surface area contributed by atoms with E-state index in [0.29, 0.717) is 0 Å². The van der Waals surface area contributed by atoms with Crippen LogP contribution in [0, 0.1) is 0 Å². The molecule has 84 valence electrons. The minimum Gasteiger partial charge on any atom is -1.00 e. The van der Waals surface area contributed by atoms with Crippen molar-refractivity contribution in [2.24, 2.45) is 0 Å². The van der Waals surface area contributed by atoms with Crippen molar-refractivity contribution in [3.8, 4) is 0 Å². The smallest absolute Gasteiger partial charge is 0.0240 e. The molecule has 2 heteroatoms. The molecular weight excluding hydrogens is 218 g/mol. The molecule has 2 aromatic rings. The van der Waals surface area contributed by atoms with Gasteiger partial charge < -0.3 is 12.4 Å². The highest BCUT2D eigenvalue weighted by Gasteiger charge is 2.17. The molecule has 1 nitrogen and oxygen atoms in total. The Bertz CT molecular complexity index is 463. The maximum absolute atomic E-state index is 2.48. The minimum atomic E-state index is 0. The number of hydrogen-bond acceptors (Lipinski definition) is 1. The number of hydrogen-bond donors (Lipinski definition) is 0. The van der Waals surface area contributed by atoms with Crippen LogP contribution in [0.3, 0.4) is 0 Å². The maximum atomic E-state index is 2.48. The predicted molar refractivity (Wildman–Crippen MR) is 63.7 cm³/mol. The highest BCUT2D eigenvalue weighted by Crippen LogP contribution is 2.27. The SMILES string of the molecule is CCN1Cc2cc3ccccc3cc2C1.[Cl-]. The highest BCUT2D eigenvalue weighted by atomic mass is 35.5. The van der Waals surface area contributed by atoms with E-state index in [0.717, 1.165) is 19.6 Å². The molecule has 16 heavy (non-hydrogen) atoms. The van der Waals surface area contributed by atoms with Gasteiger partial charge in [-0.05, 0) is 40.6 Å². The van der Waals surface area contributed by atoms with Crippen LogP contribution in [0.5, 0.6) is 0 Å². The van der Waals surface area contributed by atoms with Gasteiger partial charge in [0.05, 0.1) is 0 Å². The second-order valence-corrected chi connectivity index (χ2v) is 4.27. The zero-order valence-corrected chi connectivity index (χ0v) is 10.2. The van der Waals surface area contributed by atoms with Gasteiger partial charge in [0, 0.05) is 13.1 Å². The van der Waals surface area contributed by atoms with Gasteiger partial charge in [-0.3, -0.25) is 4.90 Å². The van der Waals surface area contributed by atoms with Crippen LogP contribution in [0.25, 0.3) is 10.8 Å². The molecule has 0 atom stereocenters. The molecule has 0 fully saturated rings. The molecule has 0 N–H and O–H groups in total. The fourth-order valence-corrected chi connectivity index (χ4v) is 2.39. The van der Waals surface area contributed by atoms with Crippen molar-refractivity contribution >= 4 is 10.8 Å². The highest BCUT2D eigenvalue weighted by molar-refractivity contribution is 5.84. The quantitative estimate of drug-likeness (QED) is 0.678. The first-order valence-electron chi connectivity index (χ1n) is 5.59. The third-order valence-electron chi connectivity index (χ3n) is 3.30. The van der Waals surface area contributed by atoms with Crippen LogP contribution in [-0.2, 0) is 13.1 Å². The van der Waals surface area contributed by atoms with Gasteiger partial charge in [-0.25, -0.2) is 0 Å². The normalized spacial score (nSPS) is 14.8. The van der Waals surface area contributed by atoms with Crippen LogP contribution in [0.15, 0.2) is 36.4 Å². The topological polar surface area (TPSA) is 3.24 Å². The van der Waals surface area contributed by atoms with Crippen LogP contribution in [0.1, 0.15) is 18.1 Å². The van der Waals surface area contributed by atoms with E-state index in [4.69, 9.17) is 0 Å².